The van der Waals surface area contributed by atoms with Crippen molar-refractivity contribution in [3.8, 4) is 0 Å². The quantitative estimate of drug-likeness (QED) is 0.592. The first-order chi connectivity index (χ1) is 10.5. The zero-order valence-corrected chi connectivity index (χ0v) is 13.1. The van der Waals surface area contributed by atoms with Crippen LogP contribution in [0.4, 0.5) is 0 Å². The predicted molar refractivity (Wildman–Crippen MR) is 80.7 cm³/mol. The summed E-state index contributed by atoms with van der Waals surface area (Å²) in [7, 11) is 1.68. The van der Waals surface area contributed by atoms with E-state index in [0.717, 1.165) is 5.56 Å². The fourth-order valence-corrected chi connectivity index (χ4v) is 2.88. The van der Waals surface area contributed by atoms with Crippen LogP contribution in [0.3, 0.4) is 0 Å². The Morgan fingerprint density at radius 1 is 1.27 bits per heavy atom. The third-order valence-electron chi connectivity index (χ3n) is 4.26. The largest absolute Gasteiger partial charge is 0.466 e. The van der Waals surface area contributed by atoms with Gasteiger partial charge >= 0.3 is 5.97 Å². The van der Waals surface area contributed by atoms with E-state index >= 15 is 0 Å². The van der Waals surface area contributed by atoms with Crippen molar-refractivity contribution in [1.29, 1.82) is 0 Å². The molecule has 1 fully saturated rings. The van der Waals surface area contributed by atoms with Crippen LogP contribution in [0.5, 0.6) is 0 Å². The minimum absolute atomic E-state index is 0.198. The molecule has 0 heterocycles. The van der Waals surface area contributed by atoms with Crippen molar-refractivity contribution in [2.45, 2.75) is 20.4 Å². The first-order valence-corrected chi connectivity index (χ1v) is 7.37. The van der Waals surface area contributed by atoms with Gasteiger partial charge in [0.05, 0.1) is 18.4 Å². The van der Waals surface area contributed by atoms with E-state index in [4.69, 9.17) is 4.74 Å². The van der Waals surface area contributed by atoms with E-state index in [-0.39, 0.29) is 12.5 Å². The molecule has 1 aromatic rings. The molecule has 2 rings (SSSR count). The highest BCUT2D eigenvalue weighted by molar-refractivity contribution is 5.98. The van der Waals surface area contributed by atoms with Crippen molar-refractivity contribution in [3.63, 3.8) is 0 Å². The number of carbonyl (C=O) groups is 3. The molecule has 0 aromatic heterocycles. The van der Waals surface area contributed by atoms with E-state index < -0.39 is 23.2 Å². The van der Waals surface area contributed by atoms with Gasteiger partial charge in [-0.05, 0) is 12.5 Å². The molecule has 118 valence electrons. The van der Waals surface area contributed by atoms with Crippen molar-refractivity contribution in [1.82, 2.24) is 4.90 Å². The maximum atomic E-state index is 12.6. The zero-order chi connectivity index (χ0) is 16.3. The Bertz CT molecular complexity index is 571. The summed E-state index contributed by atoms with van der Waals surface area (Å²) < 4.78 is 4.97. The lowest BCUT2D eigenvalue weighted by molar-refractivity contribution is -0.147. The third-order valence-corrected chi connectivity index (χ3v) is 4.26. The molecule has 0 spiro atoms. The Labute approximate surface area is 130 Å². The van der Waals surface area contributed by atoms with E-state index in [9.17, 15) is 14.4 Å². The van der Waals surface area contributed by atoms with Gasteiger partial charge < -0.3 is 14.4 Å². The van der Waals surface area contributed by atoms with Gasteiger partial charge in [-0.25, -0.2) is 0 Å². The molecular formula is C17H21NO4. The molecule has 0 radical (unpaired) electrons. The maximum absolute atomic E-state index is 12.6. The molecule has 0 saturated heterocycles. The molecule has 1 aromatic carbocycles. The van der Waals surface area contributed by atoms with Crippen LogP contribution in [0.2, 0.25) is 0 Å². The number of ether oxygens (including phenoxy) is 1. The minimum atomic E-state index is -0.950. The number of aldehydes is 1. The van der Waals surface area contributed by atoms with Gasteiger partial charge in [0, 0.05) is 19.0 Å². The third kappa shape index (κ3) is 2.89. The summed E-state index contributed by atoms with van der Waals surface area (Å²) >= 11 is 0. The highest BCUT2D eigenvalue weighted by Crippen LogP contribution is 2.58. The smallest absolute Gasteiger partial charge is 0.310 e. The zero-order valence-electron chi connectivity index (χ0n) is 13.1. The second kappa shape index (κ2) is 6.30. The monoisotopic (exact) mass is 303 g/mol. The lowest BCUT2D eigenvalue weighted by Gasteiger charge is -2.18. The molecule has 0 N–H and O–H groups in total. The van der Waals surface area contributed by atoms with Gasteiger partial charge in [-0.1, -0.05) is 37.3 Å². The Balaban J connectivity index is 2.08. The van der Waals surface area contributed by atoms with E-state index in [1.54, 1.807) is 25.8 Å². The molecule has 22 heavy (non-hydrogen) atoms. The van der Waals surface area contributed by atoms with Gasteiger partial charge in [0.2, 0.25) is 5.91 Å². The minimum Gasteiger partial charge on any atom is -0.466 e. The van der Waals surface area contributed by atoms with E-state index in [1.165, 1.54) is 0 Å². The van der Waals surface area contributed by atoms with Gasteiger partial charge in [-0.2, -0.15) is 0 Å². The number of carbonyl (C=O) groups excluding carboxylic acids is 3. The van der Waals surface area contributed by atoms with Gasteiger partial charge in [0.15, 0.2) is 0 Å². The number of hydrogen-bond acceptors (Lipinski definition) is 4. The van der Waals surface area contributed by atoms with Crippen molar-refractivity contribution in [2.24, 2.45) is 17.3 Å². The molecular weight excluding hydrogens is 282 g/mol. The lowest BCUT2D eigenvalue weighted by atomic mass is 10.1. The van der Waals surface area contributed by atoms with Crippen molar-refractivity contribution in [3.05, 3.63) is 35.9 Å². The Kier molecular flexibility index (Phi) is 4.64. The molecule has 0 aliphatic heterocycles. The van der Waals surface area contributed by atoms with Crippen LogP contribution in [0.1, 0.15) is 19.4 Å². The molecule has 1 amide bonds. The Morgan fingerprint density at radius 2 is 1.91 bits per heavy atom. The molecule has 1 aliphatic carbocycles. The summed E-state index contributed by atoms with van der Waals surface area (Å²) in [5, 5.41) is 0. The summed E-state index contributed by atoms with van der Waals surface area (Å²) in [6.45, 7) is 4.03. The van der Waals surface area contributed by atoms with E-state index in [1.807, 2.05) is 30.3 Å². The van der Waals surface area contributed by atoms with Gasteiger partial charge in [-0.3, -0.25) is 9.59 Å². The standard InChI is InChI=1S/C17H21NO4/c1-4-22-16(21)14-13(17(14,2)11-19)15(20)18(3)10-12-8-6-5-7-9-12/h5-9,11,13-14H,4,10H2,1-3H3. The van der Waals surface area contributed by atoms with Crippen molar-refractivity contribution < 1.29 is 19.1 Å². The molecule has 5 nitrogen and oxygen atoms in total. The first-order valence-electron chi connectivity index (χ1n) is 7.37. The normalized spacial score (nSPS) is 26.1. The molecule has 0 bridgehead atoms. The van der Waals surface area contributed by atoms with Gasteiger partial charge in [-0.15, -0.1) is 0 Å². The number of hydrogen-bond donors (Lipinski definition) is 0. The Hall–Kier alpha value is -2.17. The molecule has 1 aliphatic rings. The second-order valence-corrected chi connectivity index (χ2v) is 5.87. The summed E-state index contributed by atoms with van der Waals surface area (Å²) in [4.78, 5) is 37.4. The molecule has 5 heteroatoms. The number of benzene rings is 1. The summed E-state index contributed by atoms with van der Waals surface area (Å²) in [5.41, 5.74) is 0.0494. The summed E-state index contributed by atoms with van der Waals surface area (Å²) in [6, 6.07) is 9.58. The van der Waals surface area contributed by atoms with E-state index in [0.29, 0.717) is 12.8 Å². The number of esters is 1. The average Bonchev–Trinajstić information content (AvgIpc) is 3.14. The molecule has 3 atom stereocenters. The van der Waals surface area contributed by atoms with Crippen LogP contribution in [-0.4, -0.2) is 36.7 Å². The topological polar surface area (TPSA) is 63.7 Å². The van der Waals surface area contributed by atoms with Crippen LogP contribution in [0, 0.1) is 17.3 Å². The number of nitrogens with zero attached hydrogens (tertiary/aromatic N) is 1. The SMILES string of the molecule is CCOC(=O)C1C(C(=O)N(C)Cc2ccccc2)C1(C)C=O. The van der Waals surface area contributed by atoms with Crippen LogP contribution >= 0.6 is 0 Å². The van der Waals surface area contributed by atoms with Gasteiger partial charge in [0.1, 0.15) is 6.29 Å². The second-order valence-electron chi connectivity index (χ2n) is 5.87. The maximum Gasteiger partial charge on any atom is 0.310 e. The van der Waals surface area contributed by atoms with Crippen molar-refractivity contribution >= 4 is 18.2 Å². The summed E-state index contributed by atoms with van der Waals surface area (Å²) in [5.74, 6) is -1.96. The fourth-order valence-electron chi connectivity index (χ4n) is 2.88. The highest BCUT2D eigenvalue weighted by Gasteiger charge is 2.70. The first kappa shape index (κ1) is 16.2. The Morgan fingerprint density at radius 3 is 2.45 bits per heavy atom. The average molecular weight is 303 g/mol. The highest BCUT2D eigenvalue weighted by atomic mass is 16.5. The fraction of sp³-hybridized carbons (Fsp3) is 0.471. The van der Waals surface area contributed by atoms with E-state index in [2.05, 4.69) is 0 Å². The molecule has 1 saturated carbocycles. The predicted octanol–water partition coefficient (Wildman–Crippen LogP) is 1.66. The van der Waals surface area contributed by atoms with Crippen molar-refractivity contribution in [2.75, 3.05) is 13.7 Å². The van der Waals surface area contributed by atoms with Crippen LogP contribution in [0.25, 0.3) is 0 Å². The van der Waals surface area contributed by atoms with Gasteiger partial charge in [0.25, 0.3) is 0 Å². The molecule has 3 unspecified atom stereocenters. The lowest BCUT2D eigenvalue weighted by Crippen LogP contribution is -2.30. The number of amides is 1. The van der Waals surface area contributed by atoms with Crippen LogP contribution in [0.15, 0.2) is 30.3 Å². The summed E-state index contributed by atoms with van der Waals surface area (Å²) in [6.07, 6.45) is 0.702. The van der Waals surface area contributed by atoms with Crippen LogP contribution in [-0.2, 0) is 25.7 Å². The number of rotatable bonds is 6. The van der Waals surface area contributed by atoms with Crippen LogP contribution < -0.4 is 0 Å².